The zero-order valence-electron chi connectivity index (χ0n) is 20.7. The van der Waals surface area contributed by atoms with Crippen LogP contribution in [0.5, 0.6) is 5.75 Å². The number of unbranched alkanes of at least 4 members (excludes halogenated alkanes) is 1. The molecule has 194 valence electrons. The van der Waals surface area contributed by atoms with Crippen molar-refractivity contribution in [2.45, 2.75) is 70.3 Å². The number of benzene rings is 2. The number of amides is 1. The van der Waals surface area contributed by atoms with Gasteiger partial charge in [0.2, 0.25) is 6.29 Å². The fourth-order valence-corrected chi connectivity index (χ4v) is 5.02. The van der Waals surface area contributed by atoms with Crippen molar-refractivity contribution in [1.29, 1.82) is 0 Å². The number of nitro benzene ring substituents is 1. The van der Waals surface area contributed by atoms with Crippen molar-refractivity contribution in [2.24, 2.45) is 5.92 Å². The van der Waals surface area contributed by atoms with Crippen molar-refractivity contribution < 1.29 is 24.3 Å². The number of carbonyl (C=O) groups excluding carboxylic acids is 1. The molecule has 9 heteroatoms. The van der Waals surface area contributed by atoms with Crippen molar-refractivity contribution in [3.05, 3.63) is 63.7 Å². The predicted molar refractivity (Wildman–Crippen MR) is 136 cm³/mol. The van der Waals surface area contributed by atoms with Crippen molar-refractivity contribution >= 4 is 17.3 Å². The highest BCUT2D eigenvalue weighted by molar-refractivity contribution is 6.00. The lowest BCUT2D eigenvalue weighted by atomic mass is 9.97. The smallest absolute Gasteiger partial charge is 0.270 e. The summed E-state index contributed by atoms with van der Waals surface area (Å²) < 4.78 is 12.1. The largest absolute Gasteiger partial charge is 0.464 e. The number of hydrogen-bond acceptors (Lipinski definition) is 7. The number of nitro groups is 1. The van der Waals surface area contributed by atoms with Crippen LogP contribution in [-0.2, 0) is 11.3 Å². The van der Waals surface area contributed by atoms with Crippen molar-refractivity contribution in [3.63, 3.8) is 0 Å². The van der Waals surface area contributed by atoms with Crippen molar-refractivity contribution in [2.75, 3.05) is 18.5 Å². The number of para-hydroxylation sites is 1. The van der Waals surface area contributed by atoms with Crippen LogP contribution >= 0.6 is 0 Å². The first kappa shape index (κ1) is 25.9. The molecule has 1 saturated carbocycles. The molecule has 2 atom stereocenters. The van der Waals surface area contributed by atoms with Gasteiger partial charge < -0.3 is 25.2 Å². The summed E-state index contributed by atoms with van der Waals surface area (Å²) in [6.07, 6.45) is 5.76. The number of aliphatic hydroxyl groups excluding tert-OH is 1. The molecule has 1 aliphatic heterocycles. The van der Waals surface area contributed by atoms with Crippen LogP contribution in [0.2, 0.25) is 0 Å². The molecule has 0 radical (unpaired) electrons. The van der Waals surface area contributed by atoms with Crippen LogP contribution in [0, 0.1) is 16.0 Å². The molecule has 0 bridgehead atoms. The minimum atomic E-state index is -0.522. The fraction of sp³-hybridized carbons (Fsp3) is 0.519. The second kappa shape index (κ2) is 11.7. The van der Waals surface area contributed by atoms with Crippen LogP contribution in [0.15, 0.2) is 42.5 Å². The highest BCUT2D eigenvalue weighted by atomic mass is 16.7. The number of hydrogen-bond donors (Lipinski definition) is 3. The SMILES string of the molecule is CCCCC(CNC(=O)c1cc([N+](=O)[O-])ccc1NC1(CO)CCCC1)C1OCc2ccccc2O1. The number of fused-ring (bicyclic) bond motifs is 1. The zero-order chi connectivity index (χ0) is 25.5. The number of ether oxygens (including phenoxy) is 2. The summed E-state index contributed by atoms with van der Waals surface area (Å²) in [7, 11) is 0. The Hall–Kier alpha value is -3.17. The minimum Gasteiger partial charge on any atom is -0.464 e. The maximum absolute atomic E-state index is 13.3. The quantitative estimate of drug-likeness (QED) is 0.301. The van der Waals surface area contributed by atoms with E-state index in [1.54, 1.807) is 6.07 Å². The number of carbonyl (C=O) groups is 1. The van der Waals surface area contributed by atoms with E-state index in [9.17, 15) is 20.0 Å². The lowest BCUT2D eigenvalue weighted by molar-refractivity contribution is -0.384. The van der Waals surface area contributed by atoms with E-state index in [0.717, 1.165) is 56.3 Å². The minimum absolute atomic E-state index is 0.0675. The lowest BCUT2D eigenvalue weighted by Gasteiger charge is -2.32. The highest BCUT2D eigenvalue weighted by Gasteiger charge is 2.35. The Morgan fingerprint density at radius 1 is 1.25 bits per heavy atom. The van der Waals surface area contributed by atoms with Gasteiger partial charge >= 0.3 is 0 Å². The van der Waals surface area contributed by atoms with Gasteiger partial charge in [-0.05, 0) is 31.4 Å². The Kier molecular flexibility index (Phi) is 8.43. The molecule has 0 saturated heterocycles. The van der Waals surface area contributed by atoms with E-state index in [2.05, 4.69) is 17.6 Å². The monoisotopic (exact) mass is 497 g/mol. The topological polar surface area (TPSA) is 123 Å². The van der Waals surface area contributed by atoms with Gasteiger partial charge in [0.05, 0.1) is 29.2 Å². The molecule has 1 aliphatic carbocycles. The third-order valence-electron chi connectivity index (χ3n) is 7.18. The molecule has 2 aliphatic rings. The van der Waals surface area contributed by atoms with Crippen molar-refractivity contribution in [1.82, 2.24) is 5.32 Å². The Bertz CT molecular complexity index is 1070. The van der Waals surface area contributed by atoms with Gasteiger partial charge in [0.15, 0.2) is 0 Å². The van der Waals surface area contributed by atoms with Gasteiger partial charge in [0.1, 0.15) is 5.75 Å². The molecule has 0 spiro atoms. The van der Waals surface area contributed by atoms with Gasteiger partial charge in [-0.3, -0.25) is 14.9 Å². The summed E-state index contributed by atoms with van der Waals surface area (Å²) in [5, 5.41) is 27.7. The Labute approximate surface area is 211 Å². The Balaban J connectivity index is 1.51. The molecule has 1 amide bonds. The molecule has 3 N–H and O–H groups in total. The molecule has 36 heavy (non-hydrogen) atoms. The number of anilines is 1. The summed E-state index contributed by atoms with van der Waals surface area (Å²) in [4.78, 5) is 24.3. The molecule has 1 heterocycles. The Morgan fingerprint density at radius 3 is 2.75 bits per heavy atom. The second-order valence-electron chi connectivity index (χ2n) is 9.77. The Morgan fingerprint density at radius 2 is 2.03 bits per heavy atom. The summed E-state index contributed by atoms with van der Waals surface area (Å²) in [5.41, 5.74) is 0.982. The van der Waals surface area contributed by atoms with Crippen LogP contribution < -0.4 is 15.4 Å². The summed E-state index contributed by atoms with van der Waals surface area (Å²) >= 11 is 0. The third kappa shape index (κ3) is 5.96. The van der Waals surface area contributed by atoms with E-state index >= 15 is 0 Å². The van der Waals surface area contributed by atoms with Gasteiger partial charge in [-0.25, -0.2) is 0 Å². The summed E-state index contributed by atoms with van der Waals surface area (Å²) in [5.74, 6) is 0.290. The average molecular weight is 498 g/mol. The van der Waals surface area contributed by atoms with Crippen LogP contribution in [0.3, 0.4) is 0 Å². The van der Waals surface area contributed by atoms with Gasteiger partial charge in [-0.1, -0.05) is 50.8 Å². The maximum atomic E-state index is 13.3. The van der Waals surface area contributed by atoms with Gasteiger partial charge in [0, 0.05) is 35.8 Å². The van der Waals surface area contributed by atoms with Crippen molar-refractivity contribution in [3.8, 4) is 5.75 Å². The number of aliphatic hydroxyl groups is 1. The zero-order valence-corrected chi connectivity index (χ0v) is 20.7. The van der Waals surface area contributed by atoms with Crippen LogP contribution in [-0.4, -0.2) is 40.9 Å². The summed E-state index contributed by atoms with van der Waals surface area (Å²) in [6, 6.07) is 12.0. The number of non-ortho nitro benzene ring substituents is 1. The fourth-order valence-electron chi connectivity index (χ4n) is 5.02. The molecular weight excluding hydrogens is 462 g/mol. The molecule has 0 aromatic heterocycles. The average Bonchev–Trinajstić information content (AvgIpc) is 3.37. The molecule has 1 fully saturated rings. The van der Waals surface area contributed by atoms with E-state index in [1.165, 1.54) is 12.1 Å². The lowest BCUT2D eigenvalue weighted by Crippen LogP contribution is -2.42. The van der Waals surface area contributed by atoms with Gasteiger partial charge in [-0.15, -0.1) is 0 Å². The van der Waals surface area contributed by atoms with Gasteiger partial charge in [0.25, 0.3) is 11.6 Å². The third-order valence-corrected chi connectivity index (χ3v) is 7.18. The predicted octanol–water partition coefficient (Wildman–Crippen LogP) is 4.78. The van der Waals surface area contributed by atoms with E-state index in [-0.39, 0.29) is 23.8 Å². The first-order chi connectivity index (χ1) is 17.4. The van der Waals surface area contributed by atoms with E-state index in [4.69, 9.17) is 9.47 Å². The first-order valence-electron chi connectivity index (χ1n) is 12.8. The van der Waals surface area contributed by atoms with E-state index in [0.29, 0.717) is 18.8 Å². The number of rotatable bonds is 11. The molecule has 2 aromatic carbocycles. The molecule has 9 nitrogen and oxygen atoms in total. The summed E-state index contributed by atoms with van der Waals surface area (Å²) in [6.45, 7) is 2.79. The molecule has 2 aromatic rings. The number of nitrogens with zero attached hydrogens (tertiary/aromatic N) is 1. The van der Waals surface area contributed by atoms with Gasteiger partial charge in [-0.2, -0.15) is 0 Å². The van der Waals surface area contributed by atoms with E-state index in [1.807, 2.05) is 24.3 Å². The number of nitrogens with one attached hydrogen (secondary N) is 2. The van der Waals surface area contributed by atoms with Crippen LogP contribution in [0.25, 0.3) is 0 Å². The standard InChI is InChI=1S/C27H35N3O6/c1-2-3-8-19(26-35-17-20-9-4-5-10-24(20)36-26)16-28-25(32)22-15-21(30(33)34)11-12-23(22)29-27(18-31)13-6-7-14-27/h4-5,9-12,15,19,26,29,31H,2-3,6-8,13-14,16-18H2,1H3,(H,28,32). The second-order valence-corrected chi connectivity index (χ2v) is 9.77. The normalized spacial score (nSPS) is 19.1. The maximum Gasteiger partial charge on any atom is 0.270 e. The first-order valence-corrected chi connectivity index (χ1v) is 12.8. The molecular formula is C27H35N3O6. The van der Waals surface area contributed by atoms with Crippen LogP contribution in [0.1, 0.15) is 67.8 Å². The van der Waals surface area contributed by atoms with Crippen LogP contribution in [0.4, 0.5) is 11.4 Å². The highest BCUT2D eigenvalue weighted by Crippen LogP contribution is 2.35. The molecule has 4 rings (SSSR count). The molecule has 2 unspecified atom stereocenters. The van der Waals surface area contributed by atoms with E-state index < -0.39 is 22.7 Å².